The monoisotopic (exact) mass is 300 g/mol. The summed E-state index contributed by atoms with van der Waals surface area (Å²) < 4.78 is 0. The van der Waals surface area contributed by atoms with Gasteiger partial charge in [0.05, 0.1) is 6.42 Å². The minimum Gasteiger partial charge on any atom is -0.384 e. The first-order valence-corrected chi connectivity index (χ1v) is 6.65. The number of benzene rings is 1. The van der Waals surface area contributed by atoms with Crippen molar-refractivity contribution in [3.63, 3.8) is 0 Å². The fraction of sp³-hybridized carbons (Fsp3) is 0.125. The first kappa shape index (κ1) is 15.0. The van der Waals surface area contributed by atoms with Gasteiger partial charge in [-0.25, -0.2) is 4.98 Å². The van der Waals surface area contributed by atoms with Crippen LogP contribution in [-0.2, 0) is 11.2 Å². The van der Waals surface area contributed by atoms with Crippen molar-refractivity contribution in [1.82, 2.24) is 4.98 Å². The summed E-state index contributed by atoms with van der Waals surface area (Å²) in [7, 11) is 0. The lowest BCUT2D eigenvalue weighted by atomic mass is 10.1. The minimum absolute atomic E-state index is 0.169. The zero-order chi connectivity index (χ0) is 15.1. The summed E-state index contributed by atoms with van der Waals surface area (Å²) in [5.41, 5.74) is 1.55. The maximum Gasteiger partial charge on any atom is 0.229 e. The van der Waals surface area contributed by atoms with E-state index in [0.717, 1.165) is 5.56 Å². The van der Waals surface area contributed by atoms with Gasteiger partial charge in [0.25, 0.3) is 0 Å². The van der Waals surface area contributed by atoms with Crippen molar-refractivity contribution in [2.75, 3.05) is 11.9 Å². The Morgan fingerprint density at radius 3 is 2.76 bits per heavy atom. The van der Waals surface area contributed by atoms with Crippen molar-refractivity contribution in [3.05, 3.63) is 58.7 Å². The molecule has 4 nitrogen and oxygen atoms in total. The number of anilines is 1. The van der Waals surface area contributed by atoms with E-state index in [4.69, 9.17) is 16.7 Å². The van der Waals surface area contributed by atoms with Gasteiger partial charge >= 0.3 is 0 Å². The van der Waals surface area contributed by atoms with E-state index in [1.807, 2.05) is 0 Å². The van der Waals surface area contributed by atoms with Crippen LogP contribution in [0.25, 0.3) is 0 Å². The van der Waals surface area contributed by atoms with Crippen LogP contribution in [0.2, 0.25) is 5.02 Å². The molecule has 0 saturated heterocycles. The third-order valence-electron chi connectivity index (χ3n) is 2.62. The molecule has 2 N–H and O–H groups in total. The predicted molar refractivity (Wildman–Crippen MR) is 82.0 cm³/mol. The van der Waals surface area contributed by atoms with Gasteiger partial charge in [-0.2, -0.15) is 0 Å². The van der Waals surface area contributed by atoms with E-state index in [0.29, 0.717) is 16.4 Å². The second kappa shape index (κ2) is 7.44. The average Bonchev–Trinajstić information content (AvgIpc) is 2.48. The molecule has 0 aliphatic heterocycles. The van der Waals surface area contributed by atoms with Crippen LogP contribution in [0.5, 0.6) is 0 Å². The lowest BCUT2D eigenvalue weighted by Gasteiger charge is -2.05. The third kappa shape index (κ3) is 4.92. The molecule has 2 aromatic rings. The van der Waals surface area contributed by atoms with Gasteiger partial charge in [-0.3, -0.25) is 4.79 Å². The SMILES string of the molecule is O=C(Cc1ccc(Cl)cc1)Nc1cc(C#CCO)ccn1. The molecule has 0 aliphatic rings. The Labute approximate surface area is 127 Å². The van der Waals surface area contributed by atoms with E-state index in [2.05, 4.69) is 22.1 Å². The number of halogens is 1. The van der Waals surface area contributed by atoms with Crippen LogP contribution < -0.4 is 5.32 Å². The van der Waals surface area contributed by atoms with E-state index < -0.39 is 0 Å². The van der Waals surface area contributed by atoms with Crippen molar-refractivity contribution in [3.8, 4) is 11.8 Å². The fourth-order valence-corrected chi connectivity index (χ4v) is 1.82. The number of aliphatic hydroxyl groups is 1. The standard InChI is InChI=1S/C16H13ClN2O2/c17-14-5-3-13(4-6-14)11-16(21)19-15-10-12(2-1-9-20)7-8-18-15/h3-8,10,20H,9,11H2,(H,18,19,21). The molecule has 5 heteroatoms. The molecule has 0 atom stereocenters. The molecule has 0 spiro atoms. The zero-order valence-corrected chi connectivity index (χ0v) is 11.9. The minimum atomic E-state index is -0.208. The number of amides is 1. The molecule has 0 bridgehead atoms. The summed E-state index contributed by atoms with van der Waals surface area (Å²) in [5, 5.41) is 12.0. The molecule has 21 heavy (non-hydrogen) atoms. The number of carbonyl (C=O) groups is 1. The van der Waals surface area contributed by atoms with Crippen molar-refractivity contribution in [1.29, 1.82) is 0 Å². The number of nitrogens with zero attached hydrogens (tertiary/aromatic N) is 1. The summed E-state index contributed by atoms with van der Waals surface area (Å²) in [4.78, 5) is 16.0. The molecule has 1 amide bonds. The van der Waals surface area contributed by atoms with Gasteiger partial charge in [0.2, 0.25) is 5.91 Å². The van der Waals surface area contributed by atoms with E-state index in [9.17, 15) is 4.79 Å². The summed E-state index contributed by atoms with van der Waals surface area (Å²) in [6.45, 7) is -0.208. The first-order valence-electron chi connectivity index (χ1n) is 6.27. The number of hydrogen-bond acceptors (Lipinski definition) is 3. The van der Waals surface area contributed by atoms with E-state index in [-0.39, 0.29) is 18.9 Å². The lowest BCUT2D eigenvalue weighted by molar-refractivity contribution is -0.115. The third-order valence-corrected chi connectivity index (χ3v) is 2.87. The average molecular weight is 301 g/mol. The summed E-state index contributed by atoms with van der Waals surface area (Å²) in [6, 6.07) is 10.5. The van der Waals surface area contributed by atoms with Gasteiger partial charge in [-0.05, 0) is 29.8 Å². The van der Waals surface area contributed by atoms with Crippen molar-refractivity contribution >= 4 is 23.3 Å². The Bertz CT molecular complexity index is 687. The number of aliphatic hydroxyl groups excluding tert-OH is 1. The normalized spacial score (nSPS) is 9.62. The van der Waals surface area contributed by atoms with Gasteiger partial charge < -0.3 is 10.4 Å². The van der Waals surface area contributed by atoms with Crippen LogP contribution in [0.1, 0.15) is 11.1 Å². The van der Waals surface area contributed by atoms with Gasteiger partial charge in [0, 0.05) is 16.8 Å². The smallest absolute Gasteiger partial charge is 0.229 e. The second-order valence-corrected chi connectivity index (χ2v) is 4.68. The van der Waals surface area contributed by atoms with Gasteiger partial charge in [-0.1, -0.05) is 35.6 Å². The Hall–Kier alpha value is -2.35. The number of pyridine rings is 1. The summed E-state index contributed by atoms with van der Waals surface area (Å²) in [6.07, 6.45) is 1.80. The van der Waals surface area contributed by atoms with Gasteiger partial charge in [-0.15, -0.1) is 0 Å². The molecule has 1 aromatic heterocycles. The molecule has 0 unspecified atom stereocenters. The largest absolute Gasteiger partial charge is 0.384 e. The molecule has 1 aromatic carbocycles. The van der Waals surface area contributed by atoms with Crippen molar-refractivity contribution in [2.45, 2.75) is 6.42 Å². The highest BCUT2D eigenvalue weighted by atomic mass is 35.5. The maximum absolute atomic E-state index is 11.9. The predicted octanol–water partition coefficient (Wildman–Crippen LogP) is 2.26. The highest BCUT2D eigenvalue weighted by molar-refractivity contribution is 6.30. The quantitative estimate of drug-likeness (QED) is 0.855. The first-order chi connectivity index (χ1) is 10.2. The highest BCUT2D eigenvalue weighted by Gasteiger charge is 2.05. The lowest BCUT2D eigenvalue weighted by Crippen LogP contribution is -2.15. The van der Waals surface area contributed by atoms with E-state index >= 15 is 0 Å². The number of nitrogens with one attached hydrogen (secondary N) is 1. The van der Waals surface area contributed by atoms with Crippen LogP contribution in [0.3, 0.4) is 0 Å². The number of rotatable bonds is 3. The van der Waals surface area contributed by atoms with Crippen LogP contribution in [0, 0.1) is 11.8 Å². The van der Waals surface area contributed by atoms with Crippen molar-refractivity contribution < 1.29 is 9.90 Å². The Morgan fingerprint density at radius 1 is 1.29 bits per heavy atom. The Kier molecular flexibility index (Phi) is 5.33. The molecule has 0 saturated carbocycles. The summed E-state index contributed by atoms with van der Waals surface area (Å²) >= 11 is 5.80. The number of hydrogen-bond donors (Lipinski definition) is 2. The van der Waals surface area contributed by atoms with Gasteiger partial charge in [0.1, 0.15) is 12.4 Å². The molecule has 0 aliphatic carbocycles. The number of aromatic nitrogens is 1. The Balaban J connectivity index is 2.00. The fourth-order valence-electron chi connectivity index (χ4n) is 1.69. The van der Waals surface area contributed by atoms with E-state index in [1.54, 1.807) is 42.6 Å². The summed E-state index contributed by atoms with van der Waals surface area (Å²) in [5.74, 6) is 5.56. The maximum atomic E-state index is 11.9. The molecule has 106 valence electrons. The van der Waals surface area contributed by atoms with Gasteiger partial charge in [0.15, 0.2) is 0 Å². The molecular formula is C16H13ClN2O2. The van der Waals surface area contributed by atoms with Crippen LogP contribution in [0.15, 0.2) is 42.6 Å². The molecule has 1 heterocycles. The molecule has 0 radical (unpaired) electrons. The topological polar surface area (TPSA) is 62.2 Å². The number of carbonyl (C=O) groups excluding carboxylic acids is 1. The Morgan fingerprint density at radius 2 is 2.05 bits per heavy atom. The second-order valence-electron chi connectivity index (χ2n) is 4.24. The molecule has 2 rings (SSSR count). The molecular weight excluding hydrogens is 288 g/mol. The van der Waals surface area contributed by atoms with Crippen LogP contribution in [0.4, 0.5) is 5.82 Å². The molecule has 0 fully saturated rings. The zero-order valence-electron chi connectivity index (χ0n) is 11.1. The highest BCUT2D eigenvalue weighted by Crippen LogP contribution is 2.11. The van der Waals surface area contributed by atoms with Crippen LogP contribution >= 0.6 is 11.6 Å². The van der Waals surface area contributed by atoms with E-state index in [1.165, 1.54) is 0 Å². The van der Waals surface area contributed by atoms with Crippen molar-refractivity contribution in [2.24, 2.45) is 0 Å². The van der Waals surface area contributed by atoms with Crippen LogP contribution in [-0.4, -0.2) is 22.6 Å².